The molecule has 7 nitrogen and oxygen atoms in total. The number of amides is 1. The molecule has 0 radical (unpaired) electrons. The third-order valence-electron chi connectivity index (χ3n) is 3.28. The van der Waals surface area contributed by atoms with E-state index in [0.717, 1.165) is 6.42 Å². The van der Waals surface area contributed by atoms with Crippen molar-refractivity contribution in [3.63, 3.8) is 0 Å². The number of carbonyl (C=O) groups excluding carboxylic acids is 1. The second-order valence-electron chi connectivity index (χ2n) is 4.90. The van der Waals surface area contributed by atoms with Crippen LogP contribution in [0.15, 0.2) is 24.3 Å². The first-order valence-electron chi connectivity index (χ1n) is 7.02. The molecule has 1 fully saturated rings. The monoisotopic (exact) mass is 324 g/mol. The van der Waals surface area contributed by atoms with Crippen molar-refractivity contribution >= 4 is 11.9 Å². The number of hydrogen-bond acceptors (Lipinski definition) is 5. The highest BCUT2D eigenvalue weighted by Crippen LogP contribution is 2.23. The zero-order valence-corrected chi connectivity index (χ0v) is 12.0. The van der Waals surface area contributed by atoms with Gasteiger partial charge in [0.15, 0.2) is 5.82 Å². The topological polar surface area (TPSA) is 89.1 Å². The Bertz CT molecular complexity index is 686. The van der Waals surface area contributed by atoms with Crippen molar-refractivity contribution in [2.24, 2.45) is 0 Å². The van der Waals surface area contributed by atoms with Gasteiger partial charge in [0.25, 0.3) is 5.91 Å². The average Bonchev–Trinajstić information content (AvgIpc) is 3.18. The second-order valence-corrected chi connectivity index (χ2v) is 4.90. The summed E-state index contributed by atoms with van der Waals surface area (Å²) in [5, 5.41) is 9.07. The summed E-state index contributed by atoms with van der Waals surface area (Å²) in [6.45, 7) is -2.34. The molecule has 1 unspecified atom stereocenters. The molecule has 0 bridgehead atoms. The predicted molar refractivity (Wildman–Crippen MR) is 76.1 cm³/mol. The number of benzene rings is 1. The minimum Gasteiger partial charge on any atom is -0.435 e. The molecule has 1 aliphatic rings. The number of ether oxygens (including phenoxy) is 2. The number of halogens is 2. The molecule has 1 saturated heterocycles. The van der Waals surface area contributed by atoms with Crippen molar-refractivity contribution in [1.82, 2.24) is 15.2 Å². The summed E-state index contributed by atoms with van der Waals surface area (Å²) < 4.78 is 34.1. The predicted octanol–water partition coefficient (Wildman–Crippen LogP) is 2.19. The van der Waals surface area contributed by atoms with E-state index in [2.05, 4.69) is 25.2 Å². The van der Waals surface area contributed by atoms with Crippen molar-refractivity contribution in [1.29, 1.82) is 0 Å². The largest absolute Gasteiger partial charge is 0.435 e. The van der Waals surface area contributed by atoms with E-state index < -0.39 is 12.7 Å². The summed E-state index contributed by atoms with van der Waals surface area (Å²) in [6.07, 6.45) is 1.02. The minimum absolute atomic E-state index is 0.0128. The van der Waals surface area contributed by atoms with Crippen LogP contribution in [0.4, 0.5) is 14.7 Å². The molecule has 0 spiro atoms. The Balaban J connectivity index is 1.70. The van der Waals surface area contributed by atoms with Gasteiger partial charge in [-0.2, -0.15) is 13.8 Å². The molecular weight excluding hydrogens is 310 g/mol. The lowest BCUT2D eigenvalue weighted by Crippen LogP contribution is -2.27. The zero-order valence-electron chi connectivity index (χ0n) is 12.0. The van der Waals surface area contributed by atoms with Crippen LogP contribution in [-0.4, -0.2) is 40.4 Å². The maximum absolute atomic E-state index is 12.2. The SMILES string of the molecule is O=C(Nc1n[nH]c(-c2cccc(OC(F)F)c2)n1)C1CCCO1. The highest BCUT2D eigenvalue weighted by Gasteiger charge is 2.24. The summed E-state index contributed by atoms with van der Waals surface area (Å²) in [5.41, 5.74) is 0.508. The Hall–Kier alpha value is -2.55. The number of nitrogens with zero attached hydrogens (tertiary/aromatic N) is 2. The maximum Gasteiger partial charge on any atom is 0.387 e. The van der Waals surface area contributed by atoms with Crippen LogP contribution in [0.3, 0.4) is 0 Å². The van der Waals surface area contributed by atoms with Crippen LogP contribution >= 0.6 is 0 Å². The number of alkyl halides is 2. The fraction of sp³-hybridized carbons (Fsp3) is 0.357. The van der Waals surface area contributed by atoms with E-state index in [0.29, 0.717) is 24.4 Å². The number of H-pyrrole nitrogens is 1. The lowest BCUT2D eigenvalue weighted by molar-refractivity contribution is -0.124. The first kappa shape index (κ1) is 15.3. The molecule has 23 heavy (non-hydrogen) atoms. The number of anilines is 1. The summed E-state index contributed by atoms with van der Waals surface area (Å²) >= 11 is 0. The van der Waals surface area contributed by atoms with E-state index >= 15 is 0 Å². The number of aromatic amines is 1. The van der Waals surface area contributed by atoms with Crippen LogP contribution in [0.25, 0.3) is 11.4 Å². The van der Waals surface area contributed by atoms with Crippen LogP contribution in [0.1, 0.15) is 12.8 Å². The van der Waals surface area contributed by atoms with Gasteiger partial charge in [-0.05, 0) is 25.0 Å². The molecule has 3 rings (SSSR count). The fourth-order valence-electron chi connectivity index (χ4n) is 2.24. The van der Waals surface area contributed by atoms with Crippen LogP contribution in [0.5, 0.6) is 5.75 Å². The number of aromatic nitrogens is 3. The third-order valence-corrected chi connectivity index (χ3v) is 3.28. The number of carbonyl (C=O) groups is 1. The minimum atomic E-state index is -2.90. The highest BCUT2D eigenvalue weighted by molar-refractivity contribution is 5.92. The Labute approximate surface area is 130 Å². The smallest absolute Gasteiger partial charge is 0.387 e. The van der Waals surface area contributed by atoms with E-state index in [-0.39, 0.29) is 17.6 Å². The Morgan fingerprint density at radius 1 is 1.48 bits per heavy atom. The molecule has 2 aromatic rings. The van der Waals surface area contributed by atoms with E-state index in [1.807, 2.05) is 0 Å². The van der Waals surface area contributed by atoms with Crippen LogP contribution in [0.2, 0.25) is 0 Å². The first-order valence-corrected chi connectivity index (χ1v) is 7.02. The van der Waals surface area contributed by atoms with Gasteiger partial charge in [-0.15, -0.1) is 5.10 Å². The molecule has 1 aliphatic heterocycles. The van der Waals surface area contributed by atoms with Crippen LogP contribution in [-0.2, 0) is 9.53 Å². The van der Waals surface area contributed by atoms with Crippen LogP contribution in [0, 0.1) is 0 Å². The lowest BCUT2D eigenvalue weighted by atomic mass is 10.2. The quantitative estimate of drug-likeness (QED) is 0.880. The van der Waals surface area contributed by atoms with Gasteiger partial charge in [0.05, 0.1) is 0 Å². The van der Waals surface area contributed by atoms with Gasteiger partial charge >= 0.3 is 6.61 Å². The van der Waals surface area contributed by atoms with Crippen molar-refractivity contribution < 1.29 is 23.0 Å². The van der Waals surface area contributed by atoms with E-state index in [1.165, 1.54) is 12.1 Å². The molecule has 1 amide bonds. The Kier molecular flexibility index (Phi) is 4.47. The zero-order chi connectivity index (χ0) is 16.2. The number of rotatable bonds is 5. The standard InChI is InChI=1S/C14H14F2N4O3/c15-13(16)23-9-4-1-3-8(7-9)11-17-14(20-19-11)18-12(21)10-5-2-6-22-10/h1,3-4,7,10,13H,2,5-6H2,(H2,17,18,19,20,21). The third kappa shape index (κ3) is 3.81. The van der Waals surface area contributed by atoms with Gasteiger partial charge in [-0.25, -0.2) is 0 Å². The van der Waals surface area contributed by atoms with Crippen LogP contribution < -0.4 is 10.1 Å². The normalized spacial score (nSPS) is 17.4. The molecule has 122 valence electrons. The maximum atomic E-state index is 12.2. The van der Waals surface area contributed by atoms with Gasteiger partial charge in [-0.1, -0.05) is 12.1 Å². The van der Waals surface area contributed by atoms with Crippen molar-refractivity contribution in [3.05, 3.63) is 24.3 Å². The van der Waals surface area contributed by atoms with Gasteiger partial charge in [0.1, 0.15) is 11.9 Å². The molecule has 9 heteroatoms. The number of nitrogens with one attached hydrogen (secondary N) is 2. The average molecular weight is 324 g/mol. The van der Waals surface area contributed by atoms with Gasteiger partial charge < -0.3 is 9.47 Å². The summed E-state index contributed by atoms with van der Waals surface area (Å²) in [7, 11) is 0. The summed E-state index contributed by atoms with van der Waals surface area (Å²) in [6, 6.07) is 6.02. The highest BCUT2D eigenvalue weighted by atomic mass is 19.3. The molecule has 1 atom stereocenters. The van der Waals surface area contributed by atoms with E-state index in [9.17, 15) is 13.6 Å². The Morgan fingerprint density at radius 3 is 3.09 bits per heavy atom. The van der Waals surface area contributed by atoms with Crippen molar-refractivity contribution in [2.75, 3.05) is 11.9 Å². The molecular formula is C14H14F2N4O3. The molecule has 1 aromatic carbocycles. The fourth-order valence-corrected chi connectivity index (χ4v) is 2.24. The van der Waals surface area contributed by atoms with E-state index in [4.69, 9.17) is 4.74 Å². The second kappa shape index (κ2) is 6.69. The molecule has 0 aliphatic carbocycles. The molecule has 2 heterocycles. The van der Waals surface area contributed by atoms with Crippen molar-refractivity contribution in [3.8, 4) is 17.1 Å². The summed E-state index contributed by atoms with van der Waals surface area (Å²) in [4.78, 5) is 16.0. The van der Waals surface area contributed by atoms with Gasteiger partial charge in [0.2, 0.25) is 5.95 Å². The first-order chi connectivity index (χ1) is 11.1. The number of hydrogen-bond donors (Lipinski definition) is 2. The van der Waals surface area contributed by atoms with Gasteiger partial charge in [-0.3, -0.25) is 15.2 Å². The van der Waals surface area contributed by atoms with Crippen molar-refractivity contribution in [2.45, 2.75) is 25.6 Å². The Morgan fingerprint density at radius 2 is 2.35 bits per heavy atom. The molecule has 0 saturated carbocycles. The lowest BCUT2D eigenvalue weighted by Gasteiger charge is -2.07. The molecule has 1 aromatic heterocycles. The van der Waals surface area contributed by atoms with Gasteiger partial charge in [0, 0.05) is 12.2 Å². The summed E-state index contributed by atoms with van der Waals surface area (Å²) in [5.74, 6) is 0.134. The van der Waals surface area contributed by atoms with E-state index in [1.54, 1.807) is 12.1 Å². The molecule has 2 N–H and O–H groups in total.